The van der Waals surface area contributed by atoms with Gasteiger partial charge >= 0.3 is 0 Å². The molecule has 2 atom stereocenters. The average molecular weight is 333 g/mol. The summed E-state index contributed by atoms with van der Waals surface area (Å²) in [5.74, 6) is 1.34. The highest BCUT2D eigenvalue weighted by atomic mass is 16.5. The highest BCUT2D eigenvalue weighted by Crippen LogP contribution is 1.92. The van der Waals surface area contributed by atoms with E-state index in [1.807, 2.05) is 0 Å². The lowest BCUT2D eigenvalue weighted by Crippen LogP contribution is -2.34. The van der Waals surface area contributed by atoms with E-state index in [2.05, 4.69) is 52.2 Å². The fourth-order valence-electron chi connectivity index (χ4n) is 1.85. The first-order valence-corrected chi connectivity index (χ1v) is 9.11. The minimum atomic E-state index is 0.389. The Kier molecular flexibility index (Phi) is 15.2. The molecule has 0 aliphatic rings. The maximum absolute atomic E-state index is 5.59. The molecule has 2 N–H and O–H groups in total. The first-order valence-electron chi connectivity index (χ1n) is 9.11. The summed E-state index contributed by atoms with van der Waals surface area (Å²) >= 11 is 0. The van der Waals surface area contributed by atoms with Gasteiger partial charge in [-0.2, -0.15) is 0 Å². The smallest absolute Gasteiger partial charge is 0.0701 e. The molecule has 0 aromatic heterocycles. The van der Waals surface area contributed by atoms with Gasteiger partial charge in [0.05, 0.1) is 39.6 Å². The molecule has 0 amide bonds. The minimum absolute atomic E-state index is 0.389. The summed E-state index contributed by atoms with van der Waals surface area (Å²) in [6, 6.07) is 0.779. The van der Waals surface area contributed by atoms with E-state index in [9.17, 15) is 0 Å². The Hall–Kier alpha value is -0.200. The van der Waals surface area contributed by atoms with Crippen LogP contribution in [0.2, 0.25) is 0 Å². The second-order valence-corrected chi connectivity index (χ2v) is 7.17. The predicted molar refractivity (Wildman–Crippen MR) is 97.1 cm³/mol. The molecule has 2 unspecified atom stereocenters. The summed E-state index contributed by atoms with van der Waals surface area (Å²) in [5.41, 5.74) is 0. The molecule has 0 aromatic carbocycles. The van der Waals surface area contributed by atoms with Gasteiger partial charge in [0.1, 0.15) is 0 Å². The Morgan fingerprint density at radius 1 is 0.565 bits per heavy atom. The van der Waals surface area contributed by atoms with Crippen LogP contribution in [-0.4, -0.2) is 64.8 Å². The first-order chi connectivity index (χ1) is 10.9. The van der Waals surface area contributed by atoms with E-state index in [1.165, 1.54) is 0 Å². The van der Waals surface area contributed by atoms with E-state index in [0.29, 0.717) is 50.3 Å². The standard InChI is InChI=1S/C18H40N2O3/c1-15(2)11-19-17(5)13-22-9-7-21-8-10-23-14-18(6)20-12-16(3)4/h15-20H,7-14H2,1-6H3. The first kappa shape index (κ1) is 22.8. The zero-order chi connectivity index (χ0) is 17.5. The van der Waals surface area contributed by atoms with Gasteiger partial charge in [-0.25, -0.2) is 0 Å². The second kappa shape index (κ2) is 15.3. The molecule has 0 aromatic rings. The normalized spacial score (nSPS) is 14.6. The van der Waals surface area contributed by atoms with Crippen molar-refractivity contribution in [3.8, 4) is 0 Å². The van der Waals surface area contributed by atoms with Gasteiger partial charge in [-0.15, -0.1) is 0 Å². The van der Waals surface area contributed by atoms with Crippen LogP contribution >= 0.6 is 0 Å². The Morgan fingerprint density at radius 2 is 0.913 bits per heavy atom. The molecule has 5 heteroatoms. The molecule has 0 spiro atoms. The van der Waals surface area contributed by atoms with Gasteiger partial charge in [-0.3, -0.25) is 0 Å². The van der Waals surface area contributed by atoms with Crippen molar-refractivity contribution >= 4 is 0 Å². The van der Waals surface area contributed by atoms with Crippen molar-refractivity contribution in [2.24, 2.45) is 11.8 Å². The second-order valence-electron chi connectivity index (χ2n) is 7.17. The summed E-state index contributed by atoms with van der Waals surface area (Å²) < 4.78 is 16.7. The molecule has 0 rings (SSSR count). The van der Waals surface area contributed by atoms with Crippen molar-refractivity contribution in [2.75, 3.05) is 52.7 Å². The molecule has 23 heavy (non-hydrogen) atoms. The molecule has 0 fully saturated rings. The molecular formula is C18H40N2O3. The third-order valence-corrected chi connectivity index (χ3v) is 3.23. The van der Waals surface area contributed by atoms with E-state index < -0.39 is 0 Å². The van der Waals surface area contributed by atoms with Gasteiger partial charge < -0.3 is 24.8 Å². The molecule has 0 bridgehead atoms. The third kappa shape index (κ3) is 18.0. The highest BCUT2D eigenvalue weighted by molar-refractivity contribution is 4.61. The van der Waals surface area contributed by atoms with E-state index in [0.717, 1.165) is 26.3 Å². The van der Waals surface area contributed by atoms with Crippen LogP contribution in [-0.2, 0) is 14.2 Å². The molecule has 0 aliphatic heterocycles. The van der Waals surface area contributed by atoms with E-state index in [4.69, 9.17) is 14.2 Å². The van der Waals surface area contributed by atoms with Gasteiger partial charge in [-0.1, -0.05) is 27.7 Å². The van der Waals surface area contributed by atoms with Gasteiger partial charge in [0.2, 0.25) is 0 Å². The van der Waals surface area contributed by atoms with Crippen LogP contribution in [0.1, 0.15) is 41.5 Å². The van der Waals surface area contributed by atoms with Crippen LogP contribution in [0.4, 0.5) is 0 Å². The molecule has 140 valence electrons. The largest absolute Gasteiger partial charge is 0.377 e. The van der Waals surface area contributed by atoms with Crippen LogP contribution < -0.4 is 10.6 Å². The fourth-order valence-corrected chi connectivity index (χ4v) is 1.85. The van der Waals surface area contributed by atoms with E-state index >= 15 is 0 Å². The van der Waals surface area contributed by atoms with Crippen LogP contribution in [0.3, 0.4) is 0 Å². The molecule has 5 nitrogen and oxygen atoms in total. The van der Waals surface area contributed by atoms with Crippen molar-refractivity contribution in [3.05, 3.63) is 0 Å². The zero-order valence-electron chi connectivity index (χ0n) is 16.2. The van der Waals surface area contributed by atoms with Gasteiger partial charge in [0.25, 0.3) is 0 Å². The highest BCUT2D eigenvalue weighted by Gasteiger charge is 2.03. The van der Waals surface area contributed by atoms with Gasteiger partial charge in [-0.05, 0) is 38.8 Å². The predicted octanol–water partition coefficient (Wildman–Crippen LogP) is 2.30. The summed E-state index contributed by atoms with van der Waals surface area (Å²) in [5, 5.41) is 6.87. The number of ether oxygens (including phenoxy) is 3. The lowest BCUT2D eigenvalue weighted by Gasteiger charge is -2.16. The van der Waals surface area contributed by atoms with E-state index in [1.54, 1.807) is 0 Å². The lowest BCUT2D eigenvalue weighted by molar-refractivity contribution is 0.00806. The maximum Gasteiger partial charge on any atom is 0.0701 e. The molecule has 0 saturated carbocycles. The van der Waals surface area contributed by atoms with Crippen molar-refractivity contribution < 1.29 is 14.2 Å². The number of rotatable bonds is 16. The van der Waals surface area contributed by atoms with Crippen molar-refractivity contribution in [1.82, 2.24) is 10.6 Å². The van der Waals surface area contributed by atoms with E-state index in [-0.39, 0.29) is 0 Å². The number of nitrogens with one attached hydrogen (secondary N) is 2. The molecular weight excluding hydrogens is 292 g/mol. The van der Waals surface area contributed by atoms with Crippen molar-refractivity contribution in [3.63, 3.8) is 0 Å². The Morgan fingerprint density at radius 3 is 1.26 bits per heavy atom. The Labute approximate surface area is 143 Å². The Balaban J connectivity index is 3.24. The number of hydrogen-bond acceptors (Lipinski definition) is 5. The third-order valence-electron chi connectivity index (χ3n) is 3.23. The Bertz CT molecular complexity index is 226. The average Bonchev–Trinajstić information content (AvgIpc) is 2.49. The van der Waals surface area contributed by atoms with Gasteiger partial charge in [0.15, 0.2) is 0 Å². The monoisotopic (exact) mass is 332 g/mol. The summed E-state index contributed by atoms with van der Waals surface area (Å²) in [4.78, 5) is 0. The summed E-state index contributed by atoms with van der Waals surface area (Å²) in [6.45, 7) is 19.2. The molecule has 0 aliphatic carbocycles. The van der Waals surface area contributed by atoms with Crippen LogP contribution in [0.25, 0.3) is 0 Å². The summed E-state index contributed by atoms with van der Waals surface area (Å²) in [6.07, 6.45) is 0. The van der Waals surface area contributed by atoms with Crippen LogP contribution in [0.15, 0.2) is 0 Å². The molecule has 0 heterocycles. The van der Waals surface area contributed by atoms with Crippen molar-refractivity contribution in [1.29, 1.82) is 0 Å². The maximum atomic E-state index is 5.59. The molecule has 0 radical (unpaired) electrons. The van der Waals surface area contributed by atoms with Crippen molar-refractivity contribution in [2.45, 2.75) is 53.6 Å². The number of hydrogen-bond donors (Lipinski definition) is 2. The van der Waals surface area contributed by atoms with Gasteiger partial charge in [0, 0.05) is 12.1 Å². The minimum Gasteiger partial charge on any atom is -0.377 e. The lowest BCUT2D eigenvalue weighted by atomic mass is 10.2. The molecule has 0 saturated heterocycles. The quantitative estimate of drug-likeness (QED) is 0.425. The van der Waals surface area contributed by atoms with Crippen LogP contribution in [0.5, 0.6) is 0 Å². The SMILES string of the molecule is CC(C)CNC(C)COCCOCCOCC(C)NCC(C)C. The zero-order valence-corrected chi connectivity index (χ0v) is 16.2. The topological polar surface area (TPSA) is 51.8 Å². The van der Waals surface area contributed by atoms with Crippen LogP contribution in [0, 0.1) is 11.8 Å². The fraction of sp³-hybridized carbons (Fsp3) is 1.00. The summed E-state index contributed by atoms with van der Waals surface area (Å²) in [7, 11) is 0.